The van der Waals surface area contributed by atoms with Gasteiger partial charge in [-0.05, 0) is 131 Å². The van der Waals surface area contributed by atoms with Gasteiger partial charge in [-0.15, -0.1) is 11.3 Å². The highest BCUT2D eigenvalue weighted by molar-refractivity contribution is 7.25. The van der Waals surface area contributed by atoms with Gasteiger partial charge in [0.05, 0.1) is 11.2 Å². The largest absolute Gasteiger partial charge is 0.454 e. The summed E-state index contributed by atoms with van der Waals surface area (Å²) in [6, 6.07) is 77.4. The average Bonchev–Trinajstić information content (AvgIpc) is 4.04. The number of benzene rings is 9. The molecule has 2 atom stereocenters. The normalized spacial score (nSPS) is 16.4. The van der Waals surface area contributed by atoms with Crippen molar-refractivity contribution in [1.29, 1.82) is 0 Å². The molecule has 0 fully saturated rings. The van der Waals surface area contributed by atoms with Crippen molar-refractivity contribution in [3.63, 3.8) is 0 Å². The smallest absolute Gasteiger partial charge is 0.159 e. The fourth-order valence-corrected chi connectivity index (χ4v) is 12.0. The van der Waals surface area contributed by atoms with Crippen molar-refractivity contribution >= 4 is 76.2 Å². The molecule has 13 rings (SSSR count). The SMILES string of the molecule is CC1(N(c2ccc3c(c2)sc2ccccc23)c2cccc3c2oc2ccc(-c4ccc5c(c4)C(c4ccccc4)c4ccccc4-5)cc23)C=C(N(c2ccccc2)c2ccccc2)C=CC1. The quantitative estimate of drug-likeness (QED) is 0.152. The van der Waals surface area contributed by atoms with Gasteiger partial charge in [0.1, 0.15) is 5.58 Å². The van der Waals surface area contributed by atoms with Gasteiger partial charge in [0.2, 0.25) is 0 Å². The second-order valence-electron chi connectivity index (χ2n) is 17.9. The first-order valence-corrected chi connectivity index (χ1v) is 23.6. The molecule has 2 aliphatic rings. The van der Waals surface area contributed by atoms with Crippen LogP contribution in [0.25, 0.3) is 64.4 Å². The van der Waals surface area contributed by atoms with Crippen molar-refractivity contribution in [2.45, 2.75) is 24.8 Å². The molecule has 0 saturated heterocycles. The number of fused-ring (bicyclic) bond motifs is 9. The molecule has 2 aromatic heterocycles. The highest BCUT2D eigenvalue weighted by Gasteiger charge is 2.36. The third-order valence-corrected chi connectivity index (χ3v) is 14.9. The van der Waals surface area contributed by atoms with Crippen LogP contribution in [0.1, 0.15) is 36.0 Å². The molecule has 0 aliphatic heterocycles. The summed E-state index contributed by atoms with van der Waals surface area (Å²) < 4.78 is 9.63. The highest BCUT2D eigenvalue weighted by Crippen LogP contribution is 2.51. The first-order chi connectivity index (χ1) is 32.6. The Kier molecular flexibility index (Phi) is 8.97. The van der Waals surface area contributed by atoms with Crippen LogP contribution in [0.4, 0.5) is 22.7 Å². The molecule has 2 unspecified atom stereocenters. The monoisotopic (exact) mass is 864 g/mol. The number of anilines is 4. The second kappa shape index (κ2) is 15.4. The van der Waals surface area contributed by atoms with Gasteiger partial charge in [-0.2, -0.15) is 0 Å². The lowest BCUT2D eigenvalue weighted by molar-refractivity contribution is 0.561. The minimum absolute atomic E-state index is 0.189. The topological polar surface area (TPSA) is 19.6 Å². The van der Waals surface area contributed by atoms with Gasteiger partial charge in [-0.25, -0.2) is 0 Å². The summed E-state index contributed by atoms with van der Waals surface area (Å²) in [5.41, 5.74) is 15.8. The van der Waals surface area contributed by atoms with Crippen LogP contribution in [-0.2, 0) is 0 Å². The van der Waals surface area contributed by atoms with Crippen molar-refractivity contribution in [3.05, 3.63) is 253 Å². The van der Waals surface area contributed by atoms with E-state index in [1.807, 2.05) is 11.3 Å². The van der Waals surface area contributed by atoms with Crippen LogP contribution >= 0.6 is 11.3 Å². The zero-order chi connectivity index (χ0) is 43.8. The van der Waals surface area contributed by atoms with Crippen molar-refractivity contribution in [2.75, 3.05) is 9.80 Å². The molecule has 3 nitrogen and oxygen atoms in total. The molecule has 11 aromatic rings. The molecule has 0 saturated carbocycles. The minimum atomic E-state index is -0.494. The summed E-state index contributed by atoms with van der Waals surface area (Å²) in [5, 5.41) is 4.78. The van der Waals surface area contributed by atoms with Crippen LogP contribution in [0.2, 0.25) is 0 Å². The number of hydrogen-bond donors (Lipinski definition) is 0. The Morgan fingerprint density at radius 2 is 1.18 bits per heavy atom. The van der Waals surface area contributed by atoms with Gasteiger partial charge >= 0.3 is 0 Å². The van der Waals surface area contributed by atoms with Crippen LogP contribution in [0, 0.1) is 0 Å². The van der Waals surface area contributed by atoms with E-state index in [0.717, 1.165) is 56.8 Å². The second-order valence-corrected chi connectivity index (χ2v) is 18.9. The predicted molar refractivity (Wildman–Crippen MR) is 279 cm³/mol. The van der Waals surface area contributed by atoms with Crippen molar-refractivity contribution in [2.24, 2.45) is 0 Å². The Morgan fingerprint density at radius 1 is 0.515 bits per heavy atom. The van der Waals surface area contributed by atoms with Gasteiger partial charge in [0, 0.05) is 59.6 Å². The van der Waals surface area contributed by atoms with E-state index >= 15 is 0 Å². The third kappa shape index (κ3) is 6.24. The van der Waals surface area contributed by atoms with Crippen molar-refractivity contribution in [3.8, 4) is 22.3 Å². The maximum absolute atomic E-state index is 7.06. The fourth-order valence-electron chi connectivity index (χ4n) is 10.8. The lowest BCUT2D eigenvalue weighted by Crippen LogP contribution is -2.43. The van der Waals surface area contributed by atoms with Gasteiger partial charge in [0.15, 0.2) is 5.58 Å². The minimum Gasteiger partial charge on any atom is -0.454 e. The molecule has 314 valence electrons. The molecule has 0 radical (unpaired) electrons. The molecule has 0 bridgehead atoms. The zero-order valence-electron chi connectivity index (χ0n) is 36.4. The Bertz CT molecular complexity index is 3680. The van der Waals surface area contributed by atoms with Crippen LogP contribution in [0.3, 0.4) is 0 Å². The molecule has 2 heterocycles. The average molecular weight is 865 g/mol. The molecule has 0 amide bonds. The third-order valence-electron chi connectivity index (χ3n) is 13.8. The van der Waals surface area contributed by atoms with E-state index in [4.69, 9.17) is 4.42 Å². The van der Waals surface area contributed by atoms with E-state index in [-0.39, 0.29) is 5.92 Å². The van der Waals surface area contributed by atoms with Crippen LogP contribution < -0.4 is 9.80 Å². The molecule has 66 heavy (non-hydrogen) atoms. The number of furan rings is 1. The summed E-state index contributed by atoms with van der Waals surface area (Å²) >= 11 is 1.86. The van der Waals surface area contributed by atoms with Gasteiger partial charge in [-0.3, -0.25) is 0 Å². The number of allylic oxidation sites excluding steroid dienone is 1. The van der Waals surface area contributed by atoms with Crippen molar-refractivity contribution in [1.82, 2.24) is 0 Å². The Morgan fingerprint density at radius 3 is 2.00 bits per heavy atom. The lowest BCUT2D eigenvalue weighted by Gasteiger charge is -2.43. The predicted octanol–water partition coefficient (Wildman–Crippen LogP) is 17.4. The van der Waals surface area contributed by atoms with Gasteiger partial charge in [-0.1, -0.05) is 152 Å². The maximum atomic E-state index is 7.06. The zero-order valence-corrected chi connectivity index (χ0v) is 37.3. The molecular formula is C62H44N2OS. The fraction of sp³-hybridized carbons (Fsp3) is 0.0645. The molecule has 2 aliphatic carbocycles. The number of rotatable bonds is 8. The van der Waals surface area contributed by atoms with Crippen LogP contribution in [-0.4, -0.2) is 5.54 Å². The summed E-state index contributed by atoms with van der Waals surface area (Å²) in [5.74, 6) is 0.189. The van der Waals surface area contributed by atoms with E-state index < -0.39 is 5.54 Å². The summed E-state index contributed by atoms with van der Waals surface area (Å²) in [6.45, 7) is 2.37. The first kappa shape index (κ1) is 38.5. The number of nitrogens with zero attached hydrogens (tertiary/aromatic N) is 2. The van der Waals surface area contributed by atoms with E-state index in [2.05, 4.69) is 247 Å². The van der Waals surface area contributed by atoms with E-state index in [1.165, 1.54) is 59.1 Å². The Balaban J connectivity index is 0.970. The van der Waals surface area contributed by atoms with E-state index in [1.54, 1.807) is 0 Å². The van der Waals surface area contributed by atoms with Gasteiger partial charge in [0.25, 0.3) is 0 Å². The summed E-state index contributed by atoms with van der Waals surface area (Å²) in [4.78, 5) is 4.90. The first-order valence-electron chi connectivity index (χ1n) is 22.8. The van der Waals surface area contributed by atoms with Crippen molar-refractivity contribution < 1.29 is 4.42 Å². The molecule has 0 spiro atoms. The number of hydrogen-bond acceptors (Lipinski definition) is 4. The number of thiophene rings is 1. The Hall–Kier alpha value is -7.92. The summed E-state index contributed by atoms with van der Waals surface area (Å²) in [6.07, 6.45) is 7.86. The molecular weight excluding hydrogens is 821 g/mol. The van der Waals surface area contributed by atoms with E-state index in [9.17, 15) is 0 Å². The molecule has 0 N–H and O–H groups in total. The maximum Gasteiger partial charge on any atom is 0.159 e. The molecule has 9 aromatic carbocycles. The summed E-state index contributed by atoms with van der Waals surface area (Å²) in [7, 11) is 0. The molecule has 4 heteroatoms. The standard InChI is InChI=1S/C62H44N2OS/c1-62(36-16-23-47(40-62)63(44-19-7-3-8-20-44)45-21-9-4-10-22-45)64(46-32-34-51-50-25-13-14-29-58(50)66-59(51)39-46)56-28-15-27-53-54-37-43(31-35-57(54)65-61(53)56)42-30-33-49-48-24-11-12-26-52(48)60(55(49)38-42)41-17-5-2-6-18-41/h2-35,37-40,60H,36H2,1H3. The van der Waals surface area contributed by atoms with Crippen LogP contribution in [0.15, 0.2) is 241 Å². The number of para-hydroxylation sites is 3. The van der Waals surface area contributed by atoms with Gasteiger partial charge < -0.3 is 14.2 Å². The Labute approximate surface area is 388 Å². The lowest BCUT2D eigenvalue weighted by atomic mass is 9.87. The highest BCUT2D eigenvalue weighted by atomic mass is 32.1. The van der Waals surface area contributed by atoms with E-state index in [0.29, 0.717) is 0 Å². The van der Waals surface area contributed by atoms with Crippen LogP contribution in [0.5, 0.6) is 0 Å².